The van der Waals surface area contributed by atoms with Gasteiger partial charge in [-0.2, -0.15) is 0 Å². The average Bonchev–Trinajstić information content (AvgIpc) is 2.92. The van der Waals surface area contributed by atoms with E-state index in [2.05, 4.69) is 6.92 Å². The first-order valence-electron chi connectivity index (χ1n) is 15.3. The van der Waals surface area contributed by atoms with E-state index in [0.717, 1.165) is 19.3 Å². The molecule has 40 heavy (non-hydrogen) atoms. The largest absolute Gasteiger partial charge is 0.508 e. The number of unbranched alkanes of at least 4 members (excludes halogenated alkanes) is 14. The molecule has 2 aromatic rings. The summed E-state index contributed by atoms with van der Waals surface area (Å²) in [7, 11) is 0. The Hall–Kier alpha value is -3.09. The molecular formula is C33H48O7. The van der Waals surface area contributed by atoms with Crippen LogP contribution in [-0.2, 0) is 16.0 Å². The Balaban J connectivity index is 1.37. The number of hydrogen-bond donors (Lipinski definition) is 4. The minimum Gasteiger partial charge on any atom is -0.508 e. The summed E-state index contributed by atoms with van der Waals surface area (Å²) in [6.07, 6.45) is 17.8. The van der Waals surface area contributed by atoms with Crippen LogP contribution in [0.4, 0.5) is 0 Å². The van der Waals surface area contributed by atoms with Gasteiger partial charge in [-0.1, -0.05) is 103 Å². The molecule has 222 valence electrons. The van der Waals surface area contributed by atoms with E-state index in [1.807, 2.05) is 0 Å². The van der Waals surface area contributed by atoms with Gasteiger partial charge in [0.2, 0.25) is 0 Å². The highest BCUT2D eigenvalue weighted by atomic mass is 16.6. The van der Waals surface area contributed by atoms with Crippen molar-refractivity contribution in [1.82, 2.24) is 0 Å². The third kappa shape index (κ3) is 10.1. The molecule has 1 heterocycles. The van der Waals surface area contributed by atoms with E-state index < -0.39 is 12.2 Å². The number of carbonyl (C=O) groups excluding carboxylic acids is 1. The molecular weight excluding hydrogens is 508 g/mol. The zero-order valence-electron chi connectivity index (χ0n) is 24.1. The number of carbonyl (C=O) groups is 1. The molecule has 1 aliphatic rings. The van der Waals surface area contributed by atoms with Gasteiger partial charge in [0.1, 0.15) is 23.4 Å². The summed E-state index contributed by atoms with van der Waals surface area (Å²) in [6, 6.07) is 6.92. The number of ether oxygens (including phenoxy) is 2. The van der Waals surface area contributed by atoms with Crippen molar-refractivity contribution in [2.75, 3.05) is 0 Å². The van der Waals surface area contributed by atoms with Crippen LogP contribution < -0.4 is 4.74 Å². The van der Waals surface area contributed by atoms with E-state index in [-0.39, 0.29) is 41.1 Å². The fraction of sp³-hybridized carbons (Fsp3) is 0.606. The van der Waals surface area contributed by atoms with Crippen molar-refractivity contribution in [1.29, 1.82) is 0 Å². The summed E-state index contributed by atoms with van der Waals surface area (Å²) >= 11 is 0. The predicted molar refractivity (Wildman–Crippen MR) is 156 cm³/mol. The second kappa shape index (κ2) is 16.9. The normalized spacial score (nSPS) is 16.3. The third-order valence-electron chi connectivity index (χ3n) is 7.76. The molecule has 0 amide bonds. The topological polar surface area (TPSA) is 116 Å². The van der Waals surface area contributed by atoms with Crippen molar-refractivity contribution < 1.29 is 34.7 Å². The molecule has 0 saturated carbocycles. The third-order valence-corrected chi connectivity index (χ3v) is 7.76. The van der Waals surface area contributed by atoms with E-state index in [4.69, 9.17) is 9.47 Å². The van der Waals surface area contributed by atoms with E-state index >= 15 is 0 Å². The molecule has 7 heteroatoms. The van der Waals surface area contributed by atoms with Gasteiger partial charge in [0.15, 0.2) is 17.6 Å². The van der Waals surface area contributed by atoms with Gasteiger partial charge >= 0.3 is 5.97 Å². The molecule has 1 aliphatic heterocycles. The Bertz CT molecular complexity index is 1050. The Morgan fingerprint density at radius 2 is 1.32 bits per heavy atom. The maximum atomic E-state index is 12.7. The van der Waals surface area contributed by atoms with Crippen LogP contribution in [0.2, 0.25) is 0 Å². The number of phenolic OH excluding ortho intramolecular Hbond substituents is 4. The number of aromatic hydroxyl groups is 4. The fourth-order valence-electron chi connectivity index (χ4n) is 5.42. The summed E-state index contributed by atoms with van der Waals surface area (Å²) in [5.74, 6) is -0.911. The Morgan fingerprint density at radius 3 is 1.90 bits per heavy atom. The molecule has 0 aromatic heterocycles. The Morgan fingerprint density at radius 1 is 0.750 bits per heavy atom. The lowest BCUT2D eigenvalue weighted by molar-refractivity contribution is -0.155. The van der Waals surface area contributed by atoms with Crippen LogP contribution in [0.5, 0.6) is 28.7 Å². The van der Waals surface area contributed by atoms with E-state index in [1.54, 1.807) is 6.07 Å². The van der Waals surface area contributed by atoms with Crippen molar-refractivity contribution in [2.24, 2.45) is 0 Å². The van der Waals surface area contributed by atoms with Gasteiger partial charge in [-0.3, -0.25) is 4.79 Å². The highest BCUT2D eigenvalue weighted by Gasteiger charge is 2.36. The van der Waals surface area contributed by atoms with Crippen molar-refractivity contribution >= 4 is 5.97 Å². The molecule has 2 aromatic carbocycles. The molecule has 7 nitrogen and oxygen atoms in total. The van der Waals surface area contributed by atoms with Crippen LogP contribution in [-0.4, -0.2) is 32.5 Å². The van der Waals surface area contributed by atoms with Gasteiger partial charge < -0.3 is 29.9 Å². The molecule has 0 spiro atoms. The lowest BCUT2D eigenvalue weighted by Crippen LogP contribution is -2.34. The van der Waals surface area contributed by atoms with E-state index in [0.29, 0.717) is 17.5 Å². The SMILES string of the molecule is CCCCCCCCCCCCCCCCCC(=O)OC1Cc2c(O)cc(O)cc2OC1c1ccc(O)c(O)c1. The summed E-state index contributed by atoms with van der Waals surface area (Å²) in [5, 5.41) is 39.9. The van der Waals surface area contributed by atoms with Crippen molar-refractivity contribution in [2.45, 2.75) is 128 Å². The van der Waals surface area contributed by atoms with Gasteiger partial charge in [-0.05, 0) is 18.6 Å². The molecule has 4 N–H and O–H groups in total. The Kier molecular flexibility index (Phi) is 13.3. The van der Waals surface area contributed by atoms with Crippen LogP contribution in [0.1, 0.15) is 127 Å². The molecule has 2 atom stereocenters. The molecule has 0 fully saturated rings. The number of esters is 1. The zero-order chi connectivity index (χ0) is 28.7. The number of phenols is 4. The molecule has 3 rings (SSSR count). The number of fused-ring (bicyclic) bond motifs is 1. The zero-order valence-corrected chi connectivity index (χ0v) is 24.1. The molecule has 2 unspecified atom stereocenters. The van der Waals surface area contributed by atoms with Crippen LogP contribution in [0.25, 0.3) is 0 Å². The maximum absolute atomic E-state index is 12.7. The Labute approximate surface area is 239 Å². The molecule has 0 radical (unpaired) electrons. The van der Waals surface area contributed by atoms with E-state index in [9.17, 15) is 25.2 Å². The van der Waals surface area contributed by atoms with Crippen molar-refractivity contribution in [3.05, 3.63) is 41.5 Å². The van der Waals surface area contributed by atoms with Crippen LogP contribution in [0, 0.1) is 0 Å². The van der Waals surface area contributed by atoms with E-state index in [1.165, 1.54) is 101 Å². The highest BCUT2D eigenvalue weighted by molar-refractivity contribution is 5.69. The number of rotatable bonds is 18. The molecule has 0 saturated heterocycles. The predicted octanol–water partition coefficient (Wildman–Crippen LogP) is 8.36. The monoisotopic (exact) mass is 556 g/mol. The lowest BCUT2D eigenvalue weighted by Gasteiger charge is -2.34. The fourth-order valence-corrected chi connectivity index (χ4v) is 5.42. The van der Waals surface area contributed by atoms with Crippen LogP contribution >= 0.6 is 0 Å². The number of benzene rings is 2. The minimum absolute atomic E-state index is 0.134. The van der Waals surface area contributed by atoms with Crippen LogP contribution in [0.15, 0.2) is 30.3 Å². The summed E-state index contributed by atoms with van der Waals surface area (Å²) < 4.78 is 11.8. The summed E-state index contributed by atoms with van der Waals surface area (Å²) in [6.45, 7) is 2.26. The number of hydrogen-bond acceptors (Lipinski definition) is 7. The molecule has 0 aliphatic carbocycles. The lowest BCUT2D eigenvalue weighted by atomic mass is 9.93. The molecule has 0 bridgehead atoms. The standard InChI is InChI=1S/C33H48O7/c1-2-3-4-5-6-7-8-9-10-11-12-13-14-15-16-17-32(38)39-31-23-26-28(36)21-25(34)22-30(26)40-33(31)24-18-19-27(35)29(37)20-24/h18-22,31,33-37H,2-17,23H2,1H3. The summed E-state index contributed by atoms with van der Waals surface area (Å²) in [4.78, 5) is 12.7. The average molecular weight is 557 g/mol. The van der Waals surface area contributed by atoms with Crippen molar-refractivity contribution in [3.8, 4) is 28.7 Å². The first-order chi connectivity index (χ1) is 19.4. The van der Waals surface area contributed by atoms with Gasteiger partial charge in [0.05, 0.1) is 0 Å². The second-order valence-corrected chi connectivity index (χ2v) is 11.2. The first kappa shape index (κ1) is 31.4. The van der Waals surface area contributed by atoms with Gasteiger partial charge in [-0.25, -0.2) is 0 Å². The first-order valence-corrected chi connectivity index (χ1v) is 15.3. The van der Waals surface area contributed by atoms with Gasteiger partial charge in [-0.15, -0.1) is 0 Å². The second-order valence-electron chi connectivity index (χ2n) is 11.2. The van der Waals surface area contributed by atoms with Crippen molar-refractivity contribution in [3.63, 3.8) is 0 Å². The van der Waals surface area contributed by atoms with Gasteiger partial charge in [0, 0.05) is 36.1 Å². The minimum atomic E-state index is -0.773. The smallest absolute Gasteiger partial charge is 0.306 e. The quantitative estimate of drug-likeness (QED) is 0.0828. The van der Waals surface area contributed by atoms with Gasteiger partial charge in [0.25, 0.3) is 0 Å². The highest BCUT2D eigenvalue weighted by Crippen LogP contribution is 2.43. The summed E-state index contributed by atoms with van der Waals surface area (Å²) in [5.41, 5.74) is 0.954. The van der Waals surface area contributed by atoms with Crippen LogP contribution in [0.3, 0.4) is 0 Å². The maximum Gasteiger partial charge on any atom is 0.306 e.